The molecule has 0 atom stereocenters. The quantitative estimate of drug-likeness (QED) is 0.279. The molecule has 0 radical (unpaired) electrons. The lowest BCUT2D eigenvalue weighted by Gasteiger charge is -2.08. The molecule has 0 bridgehead atoms. The molecule has 0 fully saturated rings. The van der Waals surface area contributed by atoms with Crippen LogP contribution in [0.1, 0.15) is 44.7 Å². The summed E-state index contributed by atoms with van der Waals surface area (Å²) in [5.41, 5.74) is 2.55. The topological polar surface area (TPSA) is 123 Å². The number of aliphatic hydroxyl groups is 1. The Morgan fingerprint density at radius 3 is 2.68 bits per heavy atom. The first kappa shape index (κ1) is 19.0. The second-order valence-electron chi connectivity index (χ2n) is 6.08. The highest BCUT2D eigenvalue weighted by atomic mass is 16.5. The standard InChI is InChI=1S/C19H19N5O4/c1-3-28-19(27)14-8-15(16(25)9-17(26)18-20-22-23-21-18)24(11-14)10-13-6-4-12(2)5-7-13/h4-9,11,26H,3,10H2,1-2H3,(H,20,21,22,23). The van der Waals surface area contributed by atoms with E-state index in [2.05, 4.69) is 20.6 Å². The maximum Gasteiger partial charge on any atom is 0.339 e. The lowest BCUT2D eigenvalue weighted by Crippen LogP contribution is -2.08. The molecular formula is C19H19N5O4. The van der Waals surface area contributed by atoms with Crippen molar-refractivity contribution in [3.05, 3.63) is 70.8 Å². The number of esters is 1. The number of aromatic amines is 1. The van der Waals surface area contributed by atoms with Crippen molar-refractivity contribution < 1.29 is 19.4 Å². The Morgan fingerprint density at radius 1 is 1.29 bits per heavy atom. The third-order valence-corrected chi connectivity index (χ3v) is 3.98. The number of hydrogen-bond acceptors (Lipinski definition) is 7. The Hall–Kier alpha value is -3.75. The van der Waals surface area contributed by atoms with Crippen molar-refractivity contribution in [3.8, 4) is 0 Å². The number of nitrogens with zero attached hydrogens (tertiary/aromatic N) is 4. The van der Waals surface area contributed by atoms with Crippen molar-refractivity contribution in [2.75, 3.05) is 6.61 Å². The Kier molecular flexibility index (Phi) is 5.64. The van der Waals surface area contributed by atoms with E-state index < -0.39 is 17.5 Å². The molecule has 2 heterocycles. The van der Waals surface area contributed by atoms with Crippen LogP contribution in [-0.4, -0.2) is 48.7 Å². The highest BCUT2D eigenvalue weighted by molar-refractivity contribution is 6.08. The second kappa shape index (κ2) is 8.30. The van der Waals surface area contributed by atoms with Gasteiger partial charge in [0.2, 0.25) is 11.6 Å². The molecule has 28 heavy (non-hydrogen) atoms. The zero-order valence-electron chi connectivity index (χ0n) is 15.4. The number of carbonyl (C=O) groups is 2. The summed E-state index contributed by atoms with van der Waals surface area (Å²) >= 11 is 0. The summed E-state index contributed by atoms with van der Waals surface area (Å²) in [6.45, 7) is 4.29. The van der Waals surface area contributed by atoms with Gasteiger partial charge in [0, 0.05) is 18.8 Å². The maximum atomic E-state index is 12.7. The number of aryl methyl sites for hydroxylation is 1. The summed E-state index contributed by atoms with van der Waals surface area (Å²) in [7, 11) is 0. The fourth-order valence-corrected chi connectivity index (χ4v) is 2.60. The molecule has 0 amide bonds. The van der Waals surface area contributed by atoms with Gasteiger partial charge < -0.3 is 14.4 Å². The van der Waals surface area contributed by atoms with Crippen LogP contribution in [0, 0.1) is 6.92 Å². The summed E-state index contributed by atoms with van der Waals surface area (Å²) in [5.74, 6) is -1.56. The van der Waals surface area contributed by atoms with Gasteiger partial charge >= 0.3 is 5.97 Å². The van der Waals surface area contributed by atoms with Crippen molar-refractivity contribution in [1.82, 2.24) is 25.2 Å². The summed E-state index contributed by atoms with van der Waals surface area (Å²) < 4.78 is 6.66. The van der Waals surface area contributed by atoms with Gasteiger partial charge in [0.15, 0.2) is 5.76 Å². The van der Waals surface area contributed by atoms with E-state index in [-0.39, 0.29) is 23.7 Å². The van der Waals surface area contributed by atoms with Crippen LogP contribution in [0.5, 0.6) is 0 Å². The molecule has 9 heteroatoms. The summed E-state index contributed by atoms with van der Waals surface area (Å²) in [5, 5.41) is 22.8. The minimum Gasteiger partial charge on any atom is -0.504 e. The molecule has 0 unspecified atom stereocenters. The number of ether oxygens (including phenoxy) is 1. The number of allylic oxidation sites excluding steroid dienone is 1. The van der Waals surface area contributed by atoms with Gasteiger partial charge in [0.1, 0.15) is 0 Å². The number of tetrazole rings is 1. The first-order valence-electron chi connectivity index (χ1n) is 8.59. The van der Waals surface area contributed by atoms with Crippen LogP contribution in [0.4, 0.5) is 0 Å². The number of H-pyrrole nitrogens is 1. The van der Waals surface area contributed by atoms with Crippen LogP contribution in [0.3, 0.4) is 0 Å². The van der Waals surface area contributed by atoms with E-state index in [9.17, 15) is 14.7 Å². The van der Waals surface area contributed by atoms with Crippen LogP contribution in [-0.2, 0) is 11.3 Å². The predicted molar refractivity (Wildman–Crippen MR) is 99.8 cm³/mol. The van der Waals surface area contributed by atoms with E-state index in [0.29, 0.717) is 6.54 Å². The van der Waals surface area contributed by atoms with E-state index in [1.54, 1.807) is 17.7 Å². The van der Waals surface area contributed by atoms with Gasteiger partial charge in [-0.1, -0.05) is 29.8 Å². The number of ketones is 1. The monoisotopic (exact) mass is 381 g/mol. The Bertz CT molecular complexity index is 1000. The molecule has 1 aromatic carbocycles. The number of carbonyl (C=O) groups excluding carboxylic acids is 2. The zero-order chi connectivity index (χ0) is 20.1. The largest absolute Gasteiger partial charge is 0.504 e. The molecule has 0 spiro atoms. The Morgan fingerprint density at radius 2 is 2.04 bits per heavy atom. The number of aromatic nitrogens is 5. The number of benzene rings is 1. The number of rotatable bonds is 7. The van der Waals surface area contributed by atoms with Crippen LogP contribution in [0.2, 0.25) is 0 Å². The van der Waals surface area contributed by atoms with Crippen molar-refractivity contribution in [2.45, 2.75) is 20.4 Å². The van der Waals surface area contributed by atoms with Crippen LogP contribution in [0.25, 0.3) is 5.76 Å². The highest BCUT2D eigenvalue weighted by Gasteiger charge is 2.19. The van der Waals surface area contributed by atoms with Gasteiger partial charge in [0.05, 0.1) is 17.9 Å². The predicted octanol–water partition coefficient (Wildman–Crippen LogP) is 2.32. The zero-order valence-corrected chi connectivity index (χ0v) is 15.4. The average Bonchev–Trinajstić information content (AvgIpc) is 3.34. The molecule has 0 aliphatic rings. The third kappa shape index (κ3) is 4.32. The number of nitrogens with one attached hydrogen (secondary N) is 1. The Labute approximate surface area is 160 Å². The van der Waals surface area contributed by atoms with Crippen molar-refractivity contribution in [1.29, 1.82) is 0 Å². The molecule has 2 aromatic heterocycles. The van der Waals surface area contributed by atoms with Gasteiger partial charge in [-0.3, -0.25) is 4.79 Å². The van der Waals surface area contributed by atoms with E-state index in [4.69, 9.17) is 4.74 Å². The van der Waals surface area contributed by atoms with Crippen LogP contribution < -0.4 is 0 Å². The summed E-state index contributed by atoms with van der Waals surface area (Å²) in [6.07, 6.45) is 2.55. The third-order valence-electron chi connectivity index (χ3n) is 3.98. The lowest BCUT2D eigenvalue weighted by molar-refractivity contribution is 0.0526. The summed E-state index contributed by atoms with van der Waals surface area (Å²) in [6, 6.07) is 9.26. The molecule has 0 aliphatic carbocycles. The minimum absolute atomic E-state index is 0.101. The van der Waals surface area contributed by atoms with E-state index >= 15 is 0 Å². The fraction of sp³-hybridized carbons (Fsp3) is 0.211. The van der Waals surface area contributed by atoms with Crippen molar-refractivity contribution in [2.24, 2.45) is 0 Å². The summed E-state index contributed by atoms with van der Waals surface area (Å²) in [4.78, 5) is 24.8. The Balaban J connectivity index is 1.95. The van der Waals surface area contributed by atoms with Crippen LogP contribution >= 0.6 is 0 Å². The highest BCUT2D eigenvalue weighted by Crippen LogP contribution is 2.16. The van der Waals surface area contributed by atoms with E-state index in [1.807, 2.05) is 31.2 Å². The smallest absolute Gasteiger partial charge is 0.339 e. The van der Waals surface area contributed by atoms with E-state index in [0.717, 1.165) is 17.2 Å². The minimum atomic E-state index is -0.523. The molecule has 0 saturated carbocycles. The van der Waals surface area contributed by atoms with Crippen molar-refractivity contribution >= 4 is 17.5 Å². The second-order valence-corrected chi connectivity index (χ2v) is 6.08. The molecule has 0 saturated heterocycles. The first-order valence-corrected chi connectivity index (χ1v) is 8.59. The maximum absolute atomic E-state index is 12.7. The molecule has 2 N–H and O–H groups in total. The van der Waals surface area contributed by atoms with Crippen molar-refractivity contribution in [3.63, 3.8) is 0 Å². The van der Waals surface area contributed by atoms with Gasteiger partial charge in [0.25, 0.3) is 0 Å². The normalized spacial score (nSPS) is 11.4. The van der Waals surface area contributed by atoms with Gasteiger partial charge in [-0.05, 0) is 30.7 Å². The average molecular weight is 381 g/mol. The number of hydrogen-bond donors (Lipinski definition) is 2. The molecule has 9 nitrogen and oxygen atoms in total. The first-order chi connectivity index (χ1) is 13.5. The SMILES string of the molecule is CCOC(=O)c1cc(C(=O)C=C(O)c2nn[nH]n2)n(Cc2ccc(C)cc2)c1. The number of aliphatic hydroxyl groups excluding tert-OH is 1. The fourth-order valence-electron chi connectivity index (χ4n) is 2.60. The van der Waals surface area contributed by atoms with Gasteiger partial charge in [-0.2, -0.15) is 5.21 Å². The van der Waals surface area contributed by atoms with Crippen LogP contribution in [0.15, 0.2) is 42.6 Å². The molecule has 3 aromatic rings. The lowest BCUT2D eigenvalue weighted by atomic mass is 10.1. The van der Waals surface area contributed by atoms with E-state index in [1.165, 1.54) is 6.07 Å². The molecule has 0 aliphatic heterocycles. The van der Waals surface area contributed by atoms with Gasteiger partial charge in [-0.15, -0.1) is 10.2 Å². The molecular weight excluding hydrogens is 362 g/mol. The molecule has 144 valence electrons. The molecule has 3 rings (SSSR count). The van der Waals surface area contributed by atoms with Gasteiger partial charge in [-0.25, -0.2) is 4.79 Å².